The molecule has 45 heavy (non-hydrogen) atoms. The van der Waals surface area contributed by atoms with Gasteiger partial charge in [-0.15, -0.1) is 0 Å². The summed E-state index contributed by atoms with van der Waals surface area (Å²) in [6.07, 6.45) is -1.77. The number of benzene rings is 3. The van der Waals surface area contributed by atoms with Crippen molar-refractivity contribution in [1.82, 2.24) is 9.80 Å². The van der Waals surface area contributed by atoms with E-state index in [1.807, 2.05) is 0 Å². The van der Waals surface area contributed by atoms with Gasteiger partial charge >= 0.3 is 6.18 Å². The largest absolute Gasteiger partial charge is 0.416 e. The maximum absolute atomic E-state index is 12.9. The molecule has 3 aromatic carbocycles. The number of sulfonamides is 1. The maximum Gasteiger partial charge on any atom is 0.416 e. The van der Waals surface area contributed by atoms with Gasteiger partial charge in [0.05, 0.1) is 16.2 Å². The highest BCUT2D eigenvalue weighted by Crippen LogP contribution is 2.30. The molecule has 1 aliphatic rings. The summed E-state index contributed by atoms with van der Waals surface area (Å²) >= 11 is 0. The minimum atomic E-state index is -4.58. The lowest BCUT2D eigenvalue weighted by atomic mass is 10.1. The van der Waals surface area contributed by atoms with Crippen molar-refractivity contribution in [3.63, 3.8) is 0 Å². The van der Waals surface area contributed by atoms with Crippen molar-refractivity contribution in [2.75, 3.05) is 36.2 Å². The number of rotatable bonds is 9. The number of halogens is 3. The summed E-state index contributed by atoms with van der Waals surface area (Å²) in [6.45, 7) is 7.37. The van der Waals surface area contributed by atoms with E-state index in [4.69, 9.17) is 5.73 Å². The molecular weight excluding hydrogens is 609 g/mol. The molecule has 0 radical (unpaired) electrons. The Morgan fingerprint density at radius 1 is 0.867 bits per heavy atom. The van der Waals surface area contributed by atoms with Crippen LogP contribution in [0.3, 0.4) is 0 Å². The fourth-order valence-corrected chi connectivity index (χ4v) is 5.54. The van der Waals surface area contributed by atoms with Gasteiger partial charge in [-0.2, -0.15) is 13.2 Å². The summed E-state index contributed by atoms with van der Waals surface area (Å²) in [5.74, 6) is 0.126. The van der Waals surface area contributed by atoms with Gasteiger partial charge in [-0.3, -0.25) is 14.3 Å². The van der Waals surface area contributed by atoms with Crippen LogP contribution in [0, 0.1) is 0 Å². The third-order valence-electron chi connectivity index (χ3n) is 6.87. The highest BCUT2D eigenvalue weighted by atomic mass is 32.2. The lowest BCUT2D eigenvalue weighted by Crippen LogP contribution is -2.50. The Kier molecular flexibility index (Phi) is 9.97. The van der Waals surface area contributed by atoms with Crippen LogP contribution in [0.1, 0.15) is 28.4 Å². The zero-order chi connectivity index (χ0) is 32.8. The molecule has 0 aromatic heterocycles. The van der Waals surface area contributed by atoms with Crippen LogP contribution in [-0.2, 0) is 21.0 Å². The quantitative estimate of drug-likeness (QED) is 0.291. The molecule has 1 saturated heterocycles. The SMILES string of the molecule is C=C(N=C(/C=C\N)c1ccc(NS(=O)(=O)c2ccc(C(F)(F)F)cc2)cc1)Nc1ccc(C(=O)N2CCN(C(C)=O)CC2)cc1. The molecule has 236 valence electrons. The Morgan fingerprint density at radius 2 is 1.40 bits per heavy atom. The number of nitrogens with one attached hydrogen (secondary N) is 2. The standard InChI is InChI=1S/C31H31F3N6O4S/c1-21(36-26-9-5-24(6-10-26)30(42)40-19-17-39(18-20-40)22(2)41)37-29(15-16-35)23-3-11-27(12-4-23)38-45(43,44)28-13-7-25(8-14-28)31(32,33)34/h3-16,36,38H,1,17-20,35H2,2H3/b16-15-,37-29?. The zero-order valence-corrected chi connectivity index (χ0v) is 25.0. The number of hydrogen-bond donors (Lipinski definition) is 3. The Bertz CT molecular complexity index is 1710. The van der Waals surface area contributed by atoms with Crippen molar-refractivity contribution in [1.29, 1.82) is 0 Å². The fraction of sp³-hybridized carbons (Fsp3) is 0.194. The number of nitrogens with two attached hydrogens (primary N) is 1. The van der Waals surface area contributed by atoms with Gasteiger partial charge in [0.2, 0.25) is 5.91 Å². The van der Waals surface area contributed by atoms with E-state index in [-0.39, 0.29) is 28.2 Å². The summed E-state index contributed by atoms with van der Waals surface area (Å²) < 4.78 is 66.1. The van der Waals surface area contributed by atoms with Crippen molar-refractivity contribution in [2.24, 2.45) is 10.7 Å². The van der Waals surface area contributed by atoms with Gasteiger partial charge in [-0.25, -0.2) is 13.4 Å². The van der Waals surface area contributed by atoms with Crippen molar-refractivity contribution in [3.8, 4) is 0 Å². The highest BCUT2D eigenvalue weighted by Gasteiger charge is 2.30. The second-order valence-corrected chi connectivity index (χ2v) is 11.7. The van der Waals surface area contributed by atoms with Crippen molar-refractivity contribution in [3.05, 3.63) is 114 Å². The van der Waals surface area contributed by atoms with Crippen LogP contribution in [0.2, 0.25) is 0 Å². The molecule has 0 bridgehead atoms. The van der Waals surface area contributed by atoms with Gasteiger partial charge in [0.25, 0.3) is 15.9 Å². The highest BCUT2D eigenvalue weighted by molar-refractivity contribution is 7.92. The first-order valence-corrected chi connectivity index (χ1v) is 15.1. The van der Waals surface area contributed by atoms with E-state index in [9.17, 15) is 31.2 Å². The van der Waals surface area contributed by atoms with Crippen LogP contribution in [0.4, 0.5) is 24.5 Å². The molecule has 14 heteroatoms. The molecule has 3 aromatic rings. The van der Waals surface area contributed by atoms with E-state index >= 15 is 0 Å². The molecular formula is C31H31F3N6O4S. The molecule has 0 saturated carbocycles. The molecule has 0 aliphatic carbocycles. The van der Waals surface area contributed by atoms with E-state index in [2.05, 4.69) is 21.6 Å². The van der Waals surface area contributed by atoms with Crippen molar-refractivity contribution < 1.29 is 31.2 Å². The first-order valence-electron chi connectivity index (χ1n) is 13.6. The van der Waals surface area contributed by atoms with E-state index in [1.165, 1.54) is 31.3 Å². The van der Waals surface area contributed by atoms with E-state index in [1.54, 1.807) is 46.2 Å². The van der Waals surface area contributed by atoms with Gasteiger partial charge in [0.15, 0.2) is 0 Å². The molecule has 1 aliphatic heterocycles. The normalized spacial score (nSPS) is 14.4. The zero-order valence-electron chi connectivity index (χ0n) is 24.2. The van der Waals surface area contributed by atoms with Crippen LogP contribution in [0.5, 0.6) is 0 Å². The van der Waals surface area contributed by atoms with Gasteiger partial charge in [0, 0.05) is 55.6 Å². The topological polar surface area (TPSA) is 137 Å². The molecule has 0 unspecified atom stereocenters. The summed E-state index contributed by atoms with van der Waals surface area (Å²) in [4.78, 5) is 32.0. The molecule has 0 spiro atoms. The molecule has 2 amide bonds. The summed E-state index contributed by atoms with van der Waals surface area (Å²) in [5.41, 5.74) is 6.95. The Labute approximate surface area is 258 Å². The molecule has 10 nitrogen and oxygen atoms in total. The number of carbonyl (C=O) groups excluding carboxylic acids is 2. The Balaban J connectivity index is 1.39. The number of allylic oxidation sites excluding steroid dienone is 1. The predicted molar refractivity (Wildman–Crippen MR) is 166 cm³/mol. The van der Waals surface area contributed by atoms with Crippen LogP contribution < -0.4 is 15.8 Å². The number of alkyl halides is 3. The Hall–Kier alpha value is -5.11. The molecule has 4 rings (SSSR count). The number of amides is 2. The summed E-state index contributed by atoms with van der Waals surface area (Å²) in [7, 11) is -4.14. The van der Waals surface area contributed by atoms with Crippen molar-refractivity contribution >= 4 is 38.9 Å². The number of piperazine rings is 1. The number of carbonyl (C=O) groups is 2. The number of hydrogen-bond acceptors (Lipinski definition) is 7. The summed E-state index contributed by atoms with van der Waals surface area (Å²) in [6, 6.07) is 16.1. The second kappa shape index (κ2) is 13.7. The first kappa shape index (κ1) is 32.8. The minimum Gasteiger partial charge on any atom is -0.405 e. The molecule has 1 fully saturated rings. The number of nitrogens with zero attached hydrogens (tertiary/aromatic N) is 3. The molecule has 0 atom stereocenters. The first-order chi connectivity index (χ1) is 21.3. The van der Waals surface area contributed by atoms with E-state index < -0.39 is 21.8 Å². The van der Waals surface area contributed by atoms with E-state index in [0.717, 1.165) is 12.1 Å². The smallest absolute Gasteiger partial charge is 0.405 e. The Morgan fingerprint density at radius 3 is 1.93 bits per heavy atom. The second-order valence-electron chi connectivity index (χ2n) is 10.0. The summed E-state index contributed by atoms with van der Waals surface area (Å²) in [5, 5.41) is 3.05. The van der Waals surface area contributed by atoms with Crippen LogP contribution >= 0.6 is 0 Å². The van der Waals surface area contributed by atoms with Crippen LogP contribution in [0.25, 0.3) is 0 Å². The van der Waals surface area contributed by atoms with Crippen LogP contribution in [-0.4, -0.2) is 61.9 Å². The fourth-order valence-electron chi connectivity index (χ4n) is 4.48. The minimum absolute atomic E-state index is 0.00942. The number of aliphatic imine (C=N–C) groups is 1. The van der Waals surface area contributed by atoms with Crippen molar-refractivity contribution in [2.45, 2.75) is 18.0 Å². The lowest BCUT2D eigenvalue weighted by Gasteiger charge is -2.34. The molecule has 4 N–H and O–H groups in total. The molecule has 1 heterocycles. The van der Waals surface area contributed by atoms with E-state index in [0.29, 0.717) is 60.8 Å². The van der Waals surface area contributed by atoms with Crippen LogP contribution in [0.15, 0.2) is 107 Å². The lowest BCUT2D eigenvalue weighted by molar-refractivity contribution is -0.137. The monoisotopic (exact) mass is 640 g/mol. The van der Waals surface area contributed by atoms with Gasteiger partial charge in [0.1, 0.15) is 5.82 Å². The van der Waals surface area contributed by atoms with Gasteiger partial charge in [-0.05, 0) is 72.9 Å². The third kappa shape index (κ3) is 8.50. The third-order valence-corrected chi connectivity index (χ3v) is 8.26. The maximum atomic E-state index is 12.9. The van der Waals surface area contributed by atoms with Gasteiger partial charge in [-0.1, -0.05) is 18.7 Å². The average Bonchev–Trinajstić information content (AvgIpc) is 3.01. The predicted octanol–water partition coefficient (Wildman–Crippen LogP) is 4.66. The average molecular weight is 641 g/mol. The van der Waals surface area contributed by atoms with Gasteiger partial charge < -0.3 is 20.9 Å². The number of anilines is 2.